The van der Waals surface area contributed by atoms with Gasteiger partial charge >= 0.3 is 5.97 Å². The second kappa shape index (κ2) is 19.6. The van der Waals surface area contributed by atoms with E-state index in [2.05, 4.69) is 25.1 Å². The van der Waals surface area contributed by atoms with Crippen LogP contribution in [0.5, 0.6) is 5.75 Å². The van der Waals surface area contributed by atoms with Crippen LogP contribution in [0, 0.1) is 0 Å². The van der Waals surface area contributed by atoms with Crippen LogP contribution in [0.2, 0.25) is 0 Å². The van der Waals surface area contributed by atoms with Crippen LogP contribution in [0.15, 0.2) is 144 Å². The van der Waals surface area contributed by atoms with E-state index in [4.69, 9.17) is 14.3 Å². The number of amides is 2. The second-order valence-electron chi connectivity index (χ2n) is 13.5. The molecule has 0 unspecified atom stereocenters. The fourth-order valence-corrected chi connectivity index (χ4v) is 8.91. The third-order valence-electron chi connectivity index (χ3n) is 9.78. The van der Waals surface area contributed by atoms with E-state index in [-0.39, 0.29) is 30.4 Å². The molecule has 3 heterocycles. The minimum absolute atomic E-state index is 0.0502. The molecule has 1 aromatic heterocycles. The normalized spacial score (nSPS) is 16.6. The number of esters is 1. The molecule has 13 nitrogen and oxygen atoms in total. The van der Waals surface area contributed by atoms with Gasteiger partial charge in [0.15, 0.2) is 0 Å². The summed E-state index contributed by atoms with van der Waals surface area (Å²) in [5.74, 6) is -1.19. The third-order valence-corrected chi connectivity index (χ3v) is 11.8. The summed E-state index contributed by atoms with van der Waals surface area (Å²) in [5, 5.41) is 19.3. The molecule has 1 saturated heterocycles. The lowest BCUT2D eigenvalue weighted by atomic mass is 9.77. The molecule has 2 atom stereocenters. The predicted molar refractivity (Wildman–Crippen MR) is 227 cm³/mol. The Morgan fingerprint density at radius 1 is 0.950 bits per heavy atom. The number of allylic oxidation sites excluding steroid dienone is 1. The maximum atomic E-state index is 14.0. The largest absolute Gasteiger partial charge is 0.497 e. The molecule has 0 aliphatic carbocycles. The number of benzene rings is 4. The molecule has 0 saturated carbocycles. The van der Waals surface area contributed by atoms with Gasteiger partial charge in [0.2, 0.25) is 16.7 Å². The fourth-order valence-electron chi connectivity index (χ4n) is 6.92. The Hall–Kier alpha value is -6.36. The Labute approximate surface area is 354 Å². The summed E-state index contributed by atoms with van der Waals surface area (Å²) in [4.78, 5) is 52.7. The monoisotopic (exact) mass is 848 g/mol. The first-order chi connectivity index (χ1) is 29.4. The smallest absolute Gasteiger partial charge is 0.355 e. The molecule has 308 valence electrons. The molecule has 5 aromatic rings. The molecule has 2 amide bonds. The number of carbonyl (C=O) groups excluding carboxylic acids is 3. The minimum atomic E-state index is -1.06. The van der Waals surface area contributed by atoms with Crippen LogP contribution in [-0.2, 0) is 36.1 Å². The van der Waals surface area contributed by atoms with E-state index in [1.807, 2.05) is 91.0 Å². The number of methoxy groups -OCH3 is 1. The number of aromatic nitrogens is 2. The molecule has 2 aliphatic rings. The topological polar surface area (TPSA) is 165 Å². The first-order valence-corrected chi connectivity index (χ1v) is 20.8. The second-order valence-corrected chi connectivity index (χ2v) is 15.3. The molecule has 3 N–H and O–H groups in total. The van der Waals surface area contributed by atoms with Crippen molar-refractivity contribution in [3.63, 3.8) is 0 Å². The van der Waals surface area contributed by atoms with Crippen molar-refractivity contribution in [2.24, 2.45) is 5.16 Å². The van der Waals surface area contributed by atoms with Gasteiger partial charge in [-0.15, -0.1) is 11.8 Å². The van der Waals surface area contributed by atoms with Crippen LogP contribution < -0.4 is 15.4 Å². The number of hydrogen-bond acceptors (Lipinski definition) is 13. The summed E-state index contributed by atoms with van der Waals surface area (Å²) < 4.78 is 28.6. The van der Waals surface area contributed by atoms with Crippen molar-refractivity contribution in [3.8, 4) is 5.75 Å². The Bertz CT molecular complexity index is 2270. The maximum Gasteiger partial charge on any atom is 0.355 e. The van der Waals surface area contributed by atoms with Crippen molar-refractivity contribution in [1.29, 1.82) is 0 Å². The SMILES string of the molecule is COc1ccc(COC(=O)C2=C(C/C=C/CO)CS[C@@H]3[C@H](NC(=O)/C(=N\OCCF)c4nsc(NC(c5ccccc5)(c5ccccc5)c5ccccc5)n4)C(=O)N23)cc1. The van der Waals surface area contributed by atoms with Gasteiger partial charge in [0.25, 0.3) is 11.8 Å². The Morgan fingerprint density at radius 2 is 1.58 bits per heavy atom. The van der Waals surface area contributed by atoms with Crippen molar-refractivity contribution >= 4 is 51.9 Å². The molecule has 0 spiro atoms. The van der Waals surface area contributed by atoms with Crippen LogP contribution in [0.3, 0.4) is 0 Å². The van der Waals surface area contributed by atoms with Crippen molar-refractivity contribution in [3.05, 3.63) is 167 Å². The van der Waals surface area contributed by atoms with Crippen molar-refractivity contribution < 1.29 is 38.2 Å². The number of aliphatic hydroxyl groups is 1. The van der Waals surface area contributed by atoms with E-state index in [0.717, 1.165) is 33.8 Å². The Kier molecular flexibility index (Phi) is 13.6. The summed E-state index contributed by atoms with van der Waals surface area (Å²) >= 11 is 2.35. The van der Waals surface area contributed by atoms with E-state index >= 15 is 0 Å². The highest BCUT2D eigenvalue weighted by Gasteiger charge is 2.54. The summed E-state index contributed by atoms with van der Waals surface area (Å²) in [6, 6.07) is 35.6. The zero-order valence-corrected chi connectivity index (χ0v) is 34.0. The van der Waals surface area contributed by atoms with Crippen molar-refractivity contribution in [2.75, 3.05) is 38.1 Å². The number of carbonyl (C=O) groups is 3. The first kappa shape index (κ1) is 41.8. The van der Waals surface area contributed by atoms with Crippen LogP contribution in [0.1, 0.15) is 34.5 Å². The van der Waals surface area contributed by atoms with E-state index in [1.165, 1.54) is 16.7 Å². The molecule has 0 bridgehead atoms. The molecule has 7 rings (SSSR count). The summed E-state index contributed by atoms with van der Waals surface area (Å²) in [6.45, 7) is -1.53. The highest BCUT2D eigenvalue weighted by atomic mass is 32.2. The number of anilines is 1. The number of nitrogens with one attached hydrogen (secondary N) is 2. The molecule has 60 heavy (non-hydrogen) atoms. The van der Waals surface area contributed by atoms with E-state index in [1.54, 1.807) is 43.5 Å². The number of halogens is 1. The lowest BCUT2D eigenvalue weighted by Crippen LogP contribution is -2.71. The van der Waals surface area contributed by atoms with Crippen LogP contribution in [0.4, 0.5) is 9.52 Å². The highest BCUT2D eigenvalue weighted by molar-refractivity contribution is 8.00. The van der Waals surface area contributed by atoms with Crippen LogP contribution in [0.25, 0.3) is 0 Å². The highest BCUT2D eigenvalue weighted by Crippen LogP contribution is 2.43. The van der Waals surface area contributed by atoms with Gasteiger partial charge < -0.3 is 30.1 Å². The molecule has 4 aromatic carbocycles. The molecule has 0 radical (unpaired) electrons. The van der Waals surface area contributed by atoms with Gasteiger partial charge in [-0.05, 0) is 46.4 Å². The number of nitrogens with zero attached hydrogens (tertiary/aromatic N) is 4. The van der Waals surface area contributed by atoms with Gasteiger partial charge in [0, 0.05) is 17.3 Å². The van der Waals surface area contributed by atoms with Crippen molar-refractivity contribution in [1.82, 2.24) is 19.6 Å². The van der Waals surface area contributed by atoms with Gasteiger partial charge in [-0.1, -0.05) is 120 Å². The number of thioether (sulfide) groups is 1. The van der Waals surface area contributed by atoms with Gasteiger partial charge in [0.05, 0.1) is 13.7 Å². The first-order valence-electron chi connectivity index (χ1n) is 19.0. The van der Waals surface area contributed by atoms with E-state index < -0.39 is 48.0 Å². The number of hydrogen-bond donors (Lipinski definition) is 3. The summed E-state index contributed by atoms with van der Waals surface area (Å²) in [5.41, 5.74) is 2.87. The number of oxime groups is 1. The Morgan fingerprint density at radius 3 is 2.17 bits per heavy atom. The van der Waals surface area contributed by atoms with E-state index in [9.17, 15) is 23.9 Å². The number of ether oxygens (including phenoxy) is 2. The maximum absolute atomic E-state index is 14.0. The predicted octanol–water partition coefficient (Wildman–Crippen LogP) is 5.98. The molecule has 1 fully saturated rings. The zero-order valence-electron chi connectivity index (χ0n) is 32.4. The number of β-lactam (4-membered cyclic amide) rings is 1. The Balaban J connectivity index is 1.14. The summed E-state index contributed by atoms with van der Waals surface area (Å²) in [7, 11) is 1.55. The van der Waals surface area contributed by atoms with Crippen molar-refractivity contribution in [2.45, 2.75) is 30.0 Å². The van der Waals surface area contributed by atoms with Gasteiger partial charge in [-0.2, -0.15) is 9.36 Å². The van der Waals surface area contributed by atoms with E-state index in [0.29, 0.717) is 28.6 Å². The quantitative estimate of drug-likeness (QED) is 0.0181. The molecule has 2 aliphatic heterocycles. The zero-order chi connectivity index (χ0) is 41.9. The molecular formula is C44H41FN6O7S2. The lowest BCUT2D eigenvalue weighted by molar-refractivity contribution is -0.153. The molecular weight excluding hydrogens is 808 g/mol. The number of rotatable bonds is 18. The third kappa shape index (κ3) is 8.95. The number of fused-ring (bicyclic) bond motifs is 1. The lowest BCUT2D eigenvalue weighted by Gasteiger charge is -2.49. The summed E-state index contributed by atoms with van der Waals surface area (Å²) in [6.07, 6.45) is 3.56. The van der Waals surface area contributed by atoms with Gasteiger partial charge in [-0.25, -0.2) is 9.18 Å². The van der Waals surface area contributed by atoms with Crippen LogP contribution >= 0.6 is 23.3 Å². The fraction of sp³-hybridized carbons (Fsp3) is 0.227. The number of aliphatic hydroxyl groups excluding tert-OH is 1. The van der Waals surface area contributed by atoms with Crippen LogP contribution in [-0.4, -0.2) is 87.0 Å². The average Bonchev–Trinajstić information content (AvgIpc) is 3.76. The average molecular weight is 849 g/mol. The van der Waals surface area contributed by atoms with Gasteiger partial charge in [-0.3, -0.25) is 14.5 Å². The molecule has 16 heteroatoms. The number of alkyl halides is 1. The standard InChI is InChI=1S/C44H41FN6O7S2/c1-56-34-22-20-29(21-23-34)27-57-42(55)37-30(13-11-12-25-52)28-59-41-36(40(54)51(37)41)46-39(53)35(49-58-26-24-45)38-47-43(60-50-38)48-44(31-14-5-2-6-15-31,32-16-7-3-8-17-32)33-18-9-4-10-19-33/h2-12,14-23,36,41,52H,13,24-28H2,1H3,(H,46,53)(H,47,48,50)/b12-11+,49-35-/t36-,41-/m1/s1. The van der Waals surface area contributed by atoms with Gasteiger partial charge in [0.1, 0.15) is 48.3 Å². The minimum Gasteiger partial charge on any atom is -0.497 e.